The highest BCUT2D eigenvalue weighted by atomic mass is 19.1. The lowest BCUT2D eigenvalue weighted by Gasteiger charge is -2.22. The Morgan fingerprint density at radius 2 is 2.00 bits per heavy atom. The van der Waals surface area contributed by atoms with Crippen molar-refractivity contribution >= 4 is 11.8 Å². The number of hydrogen-bond donors (Lipinski definition) is 0. The molecule has 0 saturated carbocycles. The van der Waals surface area contributed by atoms with E-state index in [1.807, 2.05) is 13.0 Å². The number of carbonyl (C=O) groups is 1. The Kier molecular flexibility index (Phi) is 5.41. The fraction of sp³-hybridized carbons (Fsp3) is 0.190. The molecule has 6 nitrogen and oxygen atoms in total. The predicted molar refractivity (Wildman–Crippen MR) is 103 cm³/mol. The number of nitriles is 1. The molecule has 28 heavy (non-hydrogen) atoms. The van der Waals surface area contributed by atoms with E-state index in [4.69, 9.17) is 10.00 Å². The van der Waals surface area contributed by atoms with E-state index in [1.165, 1.54) is 24.1 Å². The fourth-order valence-corrected chi connectivity index (χ4v) is 3.15. The van der Waals surface area contributed by atoms with Gasteiger partial charge >= 0.3 is 6.09 Å². The average molecular weight is 378 g/mol. The van der Waals surface area contributed by atoms with Gasteiger partial charge in [-0.1, -0.05) is 18.2 Å². The Bertz CT molecular complexity index is 1070. The molecule has 0 N–H and O–H groups in total. The maximum Gasteiger partial charge on any atom is 0.414 e. The van der Waals surface area contributed by atoms with Gasteiger partial charge in [0, 0.05) is 0 Å². The maximum atomic E-state index is 13.6. The van der Waals surface area contributed by atoms with Crippen molar-refractivity contribution in [2.75, 3.05) is 12.0 Å². The Balaban J connectivity index is 2.06. The zero-order valence-corrected chi connectivity index (χ0v) is 15.8. The fourth-order valence-electron chi connectivity index (χ4n) is 3.15. The molecule has 0 aliphatic carbocycles. The highest BCUT2D eigenvalue weighted by molar-refractivity contribution is 5.89. The lowest BCUT2D eigenvalue weighted by atomic mass is 10.1. The molecule has 1 aromatic heterocycles. The molecule has 3 rings (SSSR count). The number of aromatic nitrogens is 2. The number of ether oxygens (including phenoxy) is 1. The van der Waals surface area contributed by atoms with Gasteiger partial charge in [-0.2, -0.15) is 10.4 Å². The molecular formula is C21H19FN4O2. The first kappa shape index (κ1) is 19.1. The molecule has 0 aliphatic rings. The first-order valence-corrected chi connectivity index (χ1v) is 8.61. The van der Waals surface area contributed by atoms with Crippen LogP contribution in [0.3, 0.4) is 0 Å². The van der Waals surface area contributed by atoms with E-state index >= 15 is 0 Å². The number of halogens is 1. The Morgan fingerprint density at radius 3 is 2.68 bits per heavy atom. The molecule has 0 aliphatic heterocycles. The quantitative estimate of drug-likeness (QED) is 0.680. The van der Waals surface area contributed by atoms with Crippen molar-refractivity contribution in [1.29, 1.82) is 5.26 Å². The third kappa shape index (κ3) is 3.71. The van der Waals surface area contributed by atoms with Gasteiger partial charge in [-0.15, -0.1) is 0 Å². The first-order valence-electron chi connectivity index (χ1n) is 8.61. The number of anilines is 1. The van der Waals surface area contributed by atoms with Gasteiger partial charge in [-0.25, -0.2) is 13.9 Å². The molecule has 0 unspecified atom stereocenters. The van der Waals surface area contributed by atoms with Crippen molar-refractivity contribution in [3.63, 3.8) is 0 Å². The molecule has 0 fully saturated rings. The molecule has 3 aromatic rings. The zero-order valence-electron chi connectivity index (χ0n) is 15.8. The largest absolute Gasteiger partial charge is 0.452 e. The summed E-state index contributed by atoms with van der Waals surface area (Å²) in [6.45, 7) is 3.79. The topological polar surface area (TPSA) is 71.2 Å². The van der Waals surface area contributed by atoms with Crippen LogP contribution in [0.15, 0.2) is 48.5 Å². The van der Waals surface area contributed by atoms with E-state index in [0.29, 0.717) is 28.3 Å². The van der Waals surface area contributed by atoms with E-state index < -0.39 is 6.09 Å². The molecule has 142 valence electrons. The van der Waals surface area contributed by atoms with E-state index in [2.05, 4.69) is 11.2 Å². The van der Waals surface area contributed by atoms with Gasteiger partial charge in [0.15, 0.2) is 0 Å². The minimum absolute atomic E-state index is 0.207. The summed E-state index contributed by atoms with van der Waals surface area (Å²) in [6.07, 6.45) is -0.549. The zero-order chi connectivity index (χ0) is 20.3. The lowest BCUT2D eigenvalue weighted by molar-refractivity contribution is 0.178. The summed E-state index contributed by atoms with van der Waals surface area (Å²) in [6, 6.07) is 15.2. The predicted octanol–water partition coefficient (Wildman–Crippen LogP) is 4.27. The first-order chi connectivity index (χ1) is 13.4. The van der Waals surface area contributed by atoms with Crippen LogP contribution in [0.5, 0.6) is 0 Å². The smallest absolute Gasteiger partial charge is 0.414 e. The van der Waals surface area contributed by atoms with Crippen molar-refractivity contribution in [1.82, 2.24) is 9.78 Å². The summed E-state index contributed by atoms with van der Waals surface area (Å²) >= 11 is 0. The second-order valence-corrected chi connectivity index (χ2v) is 6.28. The van der Waals surface area contributed by atoms with Crippen LogP contribution >= 0.6 is 0 Å². The molecule has 0 atom stereocenters. The number of benzene rings is 2. The van der Waals surface area contributed by atoms with Gasteiger partial charge in [0.2, 0.25) is 0 Å². The molecule has 7 heteroatoms. The molecule has 2 aromatic carbocycles. The summed E-state index contributed by atoms with van der Waals surface area (Å²) in [5, 5.41) is 13.6. The second kappa shape index (κ2) is 7.92. The number of aryl methyl sites for hydroxylation is 1. The SMILES string of the molecule is COC(=O)N(Cc1cccc(C#N)c1)c1c(C)nn(-c2cccc(F)c2)c1C. The maximum absolute atomic E-state index is 13.6. The summed E-state index contributed by atoms with van der Waals surface area (Å²) in [4.78, 5) is 14.0. The van der Waals surface area contributed by atoms with E-state index in [0.717, 1.165) is 5.56 Å². The van der Waals surface area contributed by atoms with Gasteiger partial charge in [0.1, 0.15) is 5.82 Å². The lowest BCUT2D eigenvalue weighted by Crippen LogP contribution is -2.31. The van der Waals surface area contributed by atoms with Gasteiger partial charge in [-0.3, -0.25) is 4.90 Å². The van der Waals surface area contributed by atoms with Crippen molar-refractivity contribution in [3.8, 4) is 11.8 Å². The van der Waals surface area contributed by atoms with Crippen LogP contribution in [-0.4, -0.2) is 23.0 Å². The van der Waals surface area contributed by atoms with Crippen LogP contribution in [0.4, 0.5) is 14.9 Å². The molecule has 0 saturated heterocycles. The third-order valence-corrected chi connectivity index (χ3v) is 4.37. The summed E-state index contributed by atoms with van der Waals surface area (Å²) < 4.78 is 20.2. The molecule has 0 radical (unpaired) electrons. The van der Waals surface area contributed by atoms with Crippen LogP contribution in [0.25, 0.3) is 5.69 Å². The number of hydrogen-bond acceptors (Lipinski definition) is 4. The molecule has 0 spiro atoms. The Labute approximate surface area is 162 Å². The van der Waals surface area contributed by atoms with E-state index in [9.17, 15) is 9.18 Å². The molecule has 1 heterocycles. The molecular weight excluding hydrogens is 359 g/mol. The third-order valence-electron chi connectivity index (χ3n) is 4.37. The van der Waals surface area contributed by atoms with Crippen molar-refractivity contribution in [3.05, 3.63) is 76.9 Å². The number of rotatable bonds is 4. The van der Waals surface area contributed by atoms with Crippen molar-refractivity contribution < 1.29 is 13.9 Å². The summed E-state index contributed by atoms with van der Waals surface area (Å²) in [5.41, 5.74) is 3.70. The number of nitrogens with zero attached hydrogens (tertiary/aromatic N) is 4. The minimum Gasteiger partial charge on any atom is -0.452 e. The van der Waals surface area contributed by atoms with Crippen LogP contribution in [0, 0.1) is 31.0 Å². The van der Waals surface area contributed by atoms with Crippen LogP contribution in [0.2, 0.25) is 0 Å². The van der Waals surface area contributed by atoms with Crippen LogP contribution < -0.4 is 4.90 Å². The molecule has 1 amide bonds. The second-order valence-electron chi connectivity index (χ2n) is 6.28. The Hall–Kier alpha value is -3.66. The molecule has 0 bridgehead atoms. The van der Waals surface area contributed by atoms with Gasteiger partial charge in [0.25, 0.3) is 0 Å². The monoisotopic (exact) mass is 378 g/mol. The van der Waals surface area contributed by atoms with E-state index in [-0.39, 0.29) is 12.4 Å². The minimum atomic E-state index is -0.549. The van der Waals surface area contributed by atoms with Crippen molar-refractivity contribution in [2.24, 2.45) is 0 Å². The number of carbonyl (C=O) groups excluding carboxylic acids is 1. The summed E-state index contributed by atoms with van der Waals surface area (Å²) in [7, 11) is 1.31. The Morgan fingerprint density at radius 1 is 1.25 bits per heavy atom. The van der Waals surface area contributed by atoms with Gasteiger partial charge in [0.05, 0.1) is 48.0 Å². The number of methoxy groups -OCH3 is 1. The van der Waals surface area contributed by atoms with Crippen LogP contribution in [-0.2, 0) is 11.3 Å². The van der Waals surface area contributed by atoms with Crippen molar-refractivity contribution in [2.45, 2.75) is 20.4 Å². The van der Waals surface area contributed by atoms with Crippen LogP contribution in [0.1, 0.15) is 22.5 Å². The van der Waals surface area contributed by atoms with E-state index in [1.54, 1.807) is 41.9 Å². The standard InChI is InChI=1S/C21H19FN4O2/c1-14-20(15(2)26(24-14)19-9-5-8-18(22)11-19)25(21(27)28-3)13-17-7-4-6-16(10-17)12-23/h4-11H,13H2,1-3H3. The van der Waals surface area contributed by atoms with Gasteiger partial charge < -0.3 is 4.74 Å². The van der Waals surface area contributed by atoms with Gasteiger partial charge in [-0.05, 0) is 49.7 Å². The average Bonchev–Trinajstić information content (AvgIpc) is 3.00. The normalized spacial score (nSPS) is 10.4. The summed E-state index contributed by atoms with van der Waals surface area (Å²) in [5.74, 6) is -0.371. The highest BCUT2D eigenvalue weighted by Gasteiger charge is 2.25. The number of amides is 1. The highest BCUT2D eigenvalue weighted by Crippen LogP contribution is 2.29.